The van der Waals surface area contributed by atoms with Crippen molar-refractivity contribution in [2.75, 3.05) is 5.32 Å². The van der Waals surface area contributed by atoms with E-state index in [2.05, 4.69) is 5.32 Å². The van der Waals surface area contributed by atoms with Crippen molar-refractivity contribution in [2.24, 2.45) is 0 Å². The number of aryl methyl sites for hydroxylation is 2. The molecule has 2 aromatic heterocycles. The van der Waals surface area contributed by atoms with Gasteiger partial charge in [-0.25, -0.2) is 4.79 Å². The molecule has 0 aliphatic rings. The van der Waals surface area contributed by atoms with Crippen molar-refractivity contribution >= 4 is 39.6 Å². The van der Waals surface area contributed by atoms with E-state index in [9.17, 15) is 9.59 Å². The number of rotatable bonds is 4. The normalized spacial score (nSPS) is 10.4. The predicted molar refractivity (Wildman–Crippen MR) is 77.7 cm³/mol. The van der Waals surface area contributed by atoms with E-state index in [0.717, 1.165) is 16.2 Å². The van der Waals surface area contributed by atoms with E-state index in [0.29, 0.717) is 9.88 Å². The quantitative estimate of drug-likeness (QED) is 0.905. The number of carbonyl (C=O) groups excluding carboxylic acids is 1. The molecule has 0 bridgehead atoms. The van der Waals surface area contributed by atoms with Gasteiger partial charge >= 0.3 is 5.97 Å². The Kier molecular flexibility index (Phi) is 4.01. The molecule has 19 heavy (non-hydrogen) atoms. The zero-order valence-corrected chi connectivity index (χ0v) is 12.2. The molecule has 0 spiro atoms. The van der Waals surface area contributed by atoms with Gasteiger partial charge in [-0.1, -0.05) is 6.92 Å². The first-order chi connectivity index (χ1) is 9.01. The molecule has 0 aromatic carbocycles. The molecule has 0 aliphatic carbocycles. The fraction of sp³-hybridized carbons (Fsp3) is 0.231. The van der Waals surface area contributed by atoms with Crippen LogP contribution in [0.1, 0.15) is 36.7 Å². The number of hydrogen-bond acceptors (Lipinski definition) is 4. The number of hydrogen-bond donors (Lipinski definition) is 2. The summed E-state index contributed by atoms with van der Waals surface area (Å²) in [6, 6.07) is 5.24. The molecule has 2 heterocycles. The molecule has 6 heteroatoms. The molecule has 0 radical (unpaired) electrons. The Hall–Kier alpha value is -1.66. The van der Waals surface area contributed by atoms with Crippen LogP contribution in [0.2, 0.25) is 0 Å². The third-order valence-corrected chi connectivity index (χ3v) is 4.74. The van der Waals surface area contributed by atoms with Crippen LogP contribution in [-0.2, 0) is 6.42 Å². The topological polar surface area (TPSA) is 66.4 Å². The van der Waals surface area contributed by atoms with Gasteiger partial charge in [-0.05, 0) is 31.5 Å². The smallest absolute Gasteiger partial charge is 0.338 e. The summed E-state index contributed by atoms with van der Waals surface area (Å²) in [6.45, 7) is 3.84. The first-order valence-corrected chi connectivity index (χ1v) is 7.38. The second kappa shape index (κ2) is 5.54. The van der Waals surface area contributed by atoms with Crippen molar-refractivity contribution in [3.05, 3.63) is 38.4 Å². The lowest BCUT2D eigenvalue weighted by atomic mass is 10.3. The molecule has 2 rings (SSSR count). The molecule has 1 amide bonds. The summed E-state index contributed by atoms with van der Waals surface area (Å²) in [5.74, 6) is -1.28. The zero-order chi connectivity index (χ0) is 14.0. The fourth-order valence-corrected chi connectivity index (χ4v) is 3.36. The van der Waals surface area contributed by atoms with Gasteiger partial charge in [-0.3, -0.25) is 4.79 Å². The summed E-state index contributed by atoms with van der Waals surface area (Å²) >= 11 is 2.70. The van der Waals surface area contributed by atoms with Gasteiger partial charge in [0.05, 0.1) is 10.4 Å². The minimum absolute atomic E-state index is 0.142. The van der Waals surface area contributed by atoms with E-state index < -0.39 is 5.97 Å². The van der Waals surface area contributed by atoms with E-state index in [1.165, 1.54) is 22.7 Å². The first-order valence-electron chi connectivity index (χ1n) is 5.75. The van der Waals surface area contributed by atoms with Crippen LogP contribution < -0.4 is 5.32 Å². The van der Waals surface area contributed by atoms with Gasteiger partial charge in [0.1, 0.15) is 5.00 Å². The van der Waals surface area contributed by atoms with Gasteiger partial charge in [0, 0.05) is 9.75 Å². The van der Waals surface area contributed by atoms with Gasteiger partial charge in [0.2, 0.25) is 0 Å². The minimum atomic E-state index is -1.03. The van der Waals surface area contributed by atoms with E-state index in [-0.39, 0.29) is 11.5 Å². The number of aromatic carboxylic acids is 1. The lowest BCUT2D eigenvalue weighted by Gasteiger charge is -2.01. The molecule has 4 nitrogen and oxygen atoms in total. The second-order valence-electron chi connectivity index (χ2n) is 3.98. The summed E-state index contributed by atoms with van der Waals surface area (Å²) < 4.78 is 0. The van der Waals surface area contributed by atoms with Gasteiger partial charge in [-0.15, -0.1) is 22.7 Å². The first kappa shape index (κ1) is 13.8. The van der Waals surface area contributed by atoms with E-state index in [1.807, 2.05) is 19.9 Å². The Bertz CT molecular complexity index is 628. The van der Waals surface area contributed by atoms with Crippen molar-refractivity contribution in [3.8, 4) is 0 Å². The van der Waals surface area contributed by atoms with E-state index >= 15 is 0 Å². The Morgan fingerprint density at radius 1 is 1.32 bits per heavy atom. The maximum atomic E-state index is 12.0. The van der Waals surface area contributed by atoms with Crippen LogP contribution in [0, 0.1) is 6.92 Å². The van der Waals surface area contributed by atoms with Crippen LogP contribution in [0.15, 0.2) is 18.2 Å². The van der Waals surface area contributed by atoms with Crippen molar-refractivity contribution in [1.29, 1.82) is 0 Å². The highest BCUT2D eigenvalue weighted by atomic mass is 32.1. The lowest BCUT2D eigenvalue weighted by Crippen LogP contribution is -2.11. The van der Waals surface area contributed by atoms with Crippen LogP contribution in [-0.4, -0.2) is 17.0 Å². The molecule has 0 unspecified atom stereocenters. The van der Waals surface area contributed by atoms with Gasteiger partial charge in [0.25, 0.3) is 5.91 Å². The maximum Gasteiger partial charge on any atom is 0.338 e. The van der Waals surface area contributed by atoms with E-state index in [4.69, 9.17) is 5.11 Å². The SMILES string of the molecule is CCc1ccc(C(=O)Nc2sc(C)cc2C(=O)O)s1. The third kappa shape index (κ3) is 3.02. The molecular weight excluding hydrogens is 282 g/mol. The predicted octanol–water partition coefficient (Wildman–Crippen LogP) is 3.63. The Morgan fingerprint density at radius 2 is 2.05 bits per heavy atom. The standard InChI is InChI=1S/C13H13NO3S2/c1-3-8-4-5-10(19-8)11(15)14-12-9(13(16)17)6-7(2)18-12/h4-6H,3H2,1-2H3,(H,14,15)(H,16,17). The summed E-state index contributed by atoms with van der Waals surface area (Å²) in [5, 5.41) is 12.1. The van der Waals surface area contributed by atoms with Crippen molar-refractivity contribution < 1.29 is 14.7 Å². The Labute approximate surface area is 118 Å². The molecule has 0 saturated heterocycles. The number of nitrogens with one attached hydrogen (secondary N) is 1. The molecule has 0 saturated carbocycles. The van der Waals surface area contributed by atoms with Gasteiger partial charge in [-0.2, -0.15) is 0 Å². The third-order valence-electron chi connectivity index (χ3n) is 2.55. The average molecular weight is 295 g/mol. The molecule has 0 atom stereocenters. The number of anilines is 1. The summed E-state index contributed by atoms with van der Waals surface area (Å²) in [5.41, 5.74) is 0.142. The van der Waals surface area contributed by atoms with Crippen LogP contribution in [0.4, 0.5) is 5.00 Å². The van der Waals surface area contributed by atoms with Crippen LogP contribution in [0.25, 0.3) is 0 Å². The highest BCUT2D eigenvalue weighted by Gasteiger charge is 2.17. The second-order valence-corrected chi connectivity index (χ2v) is 6.40. The molecular formula is C13H13NO3S2. The molecule has 2 N–H and O–H groups in total. The fourth-order valence-electron chi connectivity index (χ4n) is 1.62. The molecule has 0 aliphatic heterocycles. The Balaban J connectivity index is 2.21. The van der Waals surface area contributed by atoms with Crippen molar-refractivity contribution in [1.82, 2.24) is 0 Å². The zero-order valence-electron chi connectivity index (χ0n) is 10.5. The summed E-state index contributed by atoms with van der Waals surface area (Å²) in [7, 11) is 0. The lowest BCUT2D eigenvalue weighted by molar-refractivity contribution is 0.0698. The van der Waals surface area contributed by atoms with Crippen LogP contribution in [0.5, 0.6) is 0 Å². The Morgan fingerprint density at radius 3 is 2.63 bits per heavy atom. The molecule has 2 aromatic rings. The largest absolute Gasteiger partial charge is 0.478 e. The van der Waals surface area contributed by atoms with E-state index in [1.54, 1.807) is 12.1 Å². The highest BCUT2D eigenvalue weighted by molar-refractivity contribution is 7.17. The van der Waals surface area contributed by atoms with Gasteiger partial charge in [0.15, 0.2) is 0 Å². The number of amides is 1. The monoisotopic (exact) mass is 295 g/mol. The average Bonchev–Trinajstić information content (AvgIpc) is 2.95. The minimum Gasteiger partial charge on any atom is -0.478 e. The summed E-state index contributed by atoms with van der Waals surface area (Å²) in [4.78, 5) is 25.7. The summed E-state index contributed by atoms with van der Waals surface area (Å²) in [6.07, 6.45) is 0.885. The number of thiophene rings is 2. The number of carbonyl (C=O) groups is 2. The highest BCUT2D eigenvalue weighted by Crippen LogP contribution is 2.28. The van der Waals surface area contributed by atoms with Crippen LogP contribution in [0.3, 0.4) is 0 Å². The van der Waals surface area contributed by atoms with Crippen molar-refractivity contribution in [3.63, 3.8) is 0 Å². The van der Waals surface area contributed by atoms with Crippen LogP contribution >= 0.6 is 22.7 Å². The number of carboxylic acid groups (broad SMARTS) is 1. The molecule has 0 fully saturated rings. The number of carboxylic acids is 1. The van der Waals surface area contributed by atoms with Gasteiger partial charge < -0.3 is 10.4 Å². The molecule has 100 valence electrons. The maximum absolute atomic E-state index is 12.0. The van der Waals surface area contributed by atoms with Crippen molar-refractivity contribution in [2.45, 2.75) is 20.3 Å².